The molecular weight excluding hydrogens is 330 g/mol. The van der Waals surface area contributed by atoms with Crippen molar-refractivity contribution in [3.05, 3.63) is 63.5 Å². The van der Waals surface area contributed by atoms with E-state index >= 15 is 0 Å². The van der Waals surface area contributed by atoms with Gasteiger partial charge in [0.15, 0.2) is 0 Å². The molecular formula is C19H25N5O2. The summed E-state index contributed by atoms with van der Waals surface area (Å²) in [5.74, 6) is 0. The Hall–Kier alpha value is -2.80. The lowest BCUT2D eigenvalue weighted by Gasteiger charge is -2.25. The fourth-order valence-electron chi connectivity index (χ4n) is 3.20. The molecule has 3 N–H and O–H groups in total. The lowest BCUT2D eigenvalue weighted by molar-refractivity contribution is -0.418. The minimum atomic E-state index is -0.350. The second kappa shape index (κ2) is 8.05. The van der Waals surface area contributed by atoms with E-state index in [9.17, 15) is 10.1 Å². The molecule has 0 saturated carbocycles. The molecule has 0 spiro atoms. The van der Waals surface area contributed by atoms with Crippen LogP contribution in [-0.4, -0.2) is 36.0 Å². The van der Waals surface area contributed by atoms with Gasteiger partial charge in [0.2, 0.25) is 0 Å². The number of nitrogens with zero attached hydrogens (tertiary/aromatic N) is 2. The Kier molecular flexibility index (Phi) is 5.58. The van der Waals surface area contributed by atoms with E-state index in [1.807, 2.05) is 18.2 Å². The first-order valence-electron chi connectivity index (χ1n) is 9.00. The molecule has 0 bridgehead atoms. The second-order valence-electron chi connectivity index (χ2n) is 6.29. The summed E-state index contributed by atoms with van der Waals surface area (Å²) in [5.41, 5.74) is 11.2. The lowest BCUT2D eigenvalue weighted by atomic mass is 9.98. The zero-order valence-electron chi connectivity index (χ0n) is 15.2. The maximum Gasteiger partial charge on any atom is 0.269 e. The van der Waals surface area contributed by atoms with Crippen LogP contribution in [0.2, 0.25) is 0 Å². The molecule has 2 aliphatic rings. The molecule has 7 nitrogen and oxygen atoms in total. The number of rotatable bonds is 7. The van der Waals surface area contributed by atoms with Gasteiger partial charge in [0.05, 0.1) is 10.6 Å². The zero-order valence-corrected chi connectivity index (χ0v) is 15.2. The molecule has 7 heteroatoms. The molecule has 0 atom stereocenters. The van der Waals surface area contributed by atoms with E-state index in [2.05, 4.69) is 34.9 Å². The monoisotopic (exact) mass is 355 g/mol. The molecule has 1 aliphatic heterocycles. The second-order valence-corrected chi connectivity index (χ2v) is 6.29. The maximum absolute atomic E-state index is 11.2. The number of nitro groups is 1. The summed E-state index contributed by atoms with van der Waals surface area (Å²) in [6.07, 6.45) is 5.63. The fraction of sp³-hybridized carbons (Fsp3) is 0.368. The number of nitrogens with one attached hydrogen (secondary N) is 3. The number of hydrogen-bond acceptors (Lipinski definition) is 6. The van der Waals surface area contributed by atoms with E-state index in [-0.39, 0.29) is 10.6 Å². The van der Waals surface area contributed by atoms with E-state index < -0.39 is 0 Å². The van der Waals surface area contributed by atoms with Crippen molar-refractivity contribution in [2.45, 2.75) is 20.3 Å². The van der Waals surface area contributed by atoms with Crippen LogP contribution in [0.15, 0.2) is 47.8 Å². The fourth-order valence-corrected chi connectivity index (χ4v) is 3.20. The first kappa shape index (κ1) is 18.0. The third kappa shape index (κ3) is 3.88. The number of hydrazine groups is 1. The standard InChI is InChI=1S/C19H25N5O2/c1-3-23(4-2)11-10-20-14-8-9-16-17-13-15(24(25)26)6-5-7-18(17)21-22-19(16)12-14/h5-6,8-9,12-13,20-22H,3-4,7,10-11H2,1-2H3. The van der Waals surface area contributed by atoms with Crippen LogP contribution in [0.3, 0.4) is 0 Å². The molecule has 3 rings (SSSR count). The largest absolute Gasteiger partial charge is 0.384 e. The topological polar surface area (TPSA) is 82.5 Å². The van der Waals surface area contributed by atoms with Gasteiger partial charge in [-0.05, 0) is 25.2 Å². The Morgan fingerprint density at radius 2 is 2.08 bits per heavy atom. The van der Waals surface area contributed by atoms with Crippen molar-refractivity contribution < 1.29 is 4.92 Å². The highest BCUT2D eigenvalue weighted by molar-refractivity contribution is 5.88. The van der Waals surface area contributed by atoms with Gasteiger partial charge in [0, 0.05) is 54.2 Å². The Bertz CT molecular complexity index is 778. The van der Waals surface area contributed by atoms with E-state index in [1.54, 1.807) is 18.2 Å². The molecule has 1 aliphatic carbocycles. The molecule has 1 aromatic rings. The summed E-state index contributed by atoms with van der Waals surface area (Å²) in [7, 11) is 0. The third-order valence-corrected chi connectivity index (χ3v) is 4.75. The maximum atomic E-state index is 11.2. The van der Waals surface area contributed by atoms with Crippen LogP contribution >= 0.6 is 0 Å². The molecule has 0 aromatic heterocycles. The highest BCUT2D eigenvalue weighted by Crippen LogP contribution is 2.35. The van der Waals surface area contributed by atoms with Gasteiger partial charge in [-0.1, -0.05) is 26.0 Å². The molecule has 0 unspecified atom stereocenters. The van der Waals surface area contributed by atoms with Crippen molar-refractivity contribution in [2.24, 2.45) is 0 Å². The first-order valence-corrected chi connectivity index (χ1v) is 9.00. The minimum Gasteiger partial charge on any atom is -0.384 e. The van der Waals surface area contributed by atoms with Crippen LogP contribution < -0.4 is 16.2 Å². The molecule has 0 radical (unpaired) electrons. The lowest BCUT2D eigenvalue weighted by Crippen LogP contribution is -2.29. The Labute approximate surface area is 153 Å². The van der Waals surface area contributed by atoms with Gasteiger partial charge in [-0.15, -0.1) is 0 Å². The van der Waals surface area contributed by atoms with Crippen molar-refractivity contribution >= 4 is 16.9 Å². The van der Waals surface area contributed by atoms with Gasteiger partial charge in [-0.3, -0.25) is 10.1 Å². The van der Waals surface area contributed by atoms with Gasteiger partial charge in [0.25, 0.3) is 5.70 Å². The summed E-state index contributed by atoms with van der Waals surface area (Å²) in [6, 6.07) is 6.07. The molecule has 0 amide bonds. The highest BCUT2D eigenvalue weighted by atomic mass is 16.6. The van der Waals surface area contributed by atoms with Crippen LogP contribution in [0, 0.1) is 10.1 Å². The van der Waals surface area contributed by atoms with Crippen molar-refractivity contribution in [1.82, 2.24) is 10.3 Å². The smallest absolute Gasteiger partial charge is 0.269 e. The normalized spacial score (nSPS) is 15.4. The summed E-state index contributed by atoms with van der Waals surface area (Å²) in [4.78, 5) is 13.2. The number of fused-ring (bicyclic) bond motifs is 2. The van der Waals surface area contributed by atoms with Crippen LogP contribution in [0.25, 0.3) is 5.57 Å². The molecule has 0 fully saturated rings. The summed E-state index contributed by atoms with van der Waals surface area (Å²) >= 11 is 0. The third-order valence-electron chi connectivity index (χ3n) is 4.75. The van der Waals surface area contributed by atoms with Crippen molar-refractivity contribution in [2.75, 3.05) is 36.9 Å². The van der Waals surface area contributed by atoms with Crippen LogP contribution in [-0.2, 0) is 0 Å². The zero-order chi connectivity index (χ0) is 18.5. The van der Waals surface area contributed by atoms with E-state index in [1.165, 1.54) is 0 Å². The molecule has 1 aromatic carbocycles. The van der Waals surface area contributed by atoms with Crippen LogP contribution in [0.1, 0.15) is 25.8 Å². The van der Waals surface area contributed by atoms with E-state index in [0.29, 0.717) is 6.42 Å². The average molecular weight is 355 g/mol. The predicted molar refractivity (Wildman–Crippen MR) is 105 cm³/mol. The van der Waals surface area contributed by atoms with E-state index in [0.717, 1.165) is 54.4 Å². The molecule has 138 valence electrons. The molecule has 0 saturated heterocycles. The van der Waals surface area contributed by atoms with Gasteiger partial charge in [0.1, 0.15) is 0 Å². The summed E-state index contributed by atoms with van der Waals surface area (Å²) < 4.78 is 0. The van der Waals surface area contributed by atoms with Crippen LogP contribution in [0.4, 0.5) is 11.4 Å². The average Bonchev–Trinajstić information content (AvgIpc) is 2.88. The first-order chi connectivity index (χ1) is 12.6. The van der Waals surface area contributed by atoms with Crippen molar-refractivity contribution in [3.8, 4) is 0 Å². The Balaban J connectivity index is 1.78. The van der Waals surface area contributed by atoms with Gasteiger partial charge >= 0.3 is 0 Å². The minimum absolute atomic E-state index is 0.103. The van der Waals surface area contributed by atoms with Gasteiger partial charge in [-0.2, -0.15) is 0 Å². The summed E-state index contributed by atoms with van der Waals surface area (Å²) in [5, 5.41) is 14.6. The number of likely N-dealkylation sites (N-methyl/N-ethyl adjacent to an activating group) is 1. The number of hydrogen-bond donors (Lipinski definition) is 3. The van der Waals surface area contributed by atoms with Gasteiger partial charge < -0.3 is 21.1 Å². The number of anilines is 2. The SMILES string of the molecule is CCN(CC)CCNc1ccc2c(c1)NNC1=C2C=C([N+](=O)[O-])C=CC1. The molecule has 26 heavy (non-hydrogen) atoms. The van der Waals surface area contributed by atoms with Crippen LogP contribution in [0.5, 0.6) is 0 Å². The summed E-state index contributed by atoms with van der Waals surface area (Å²) in [6.45, 7) is 8.28. The van der Waals surface area contributed by atoms with Crippen molar-refractivity contribution in [1.29, 1.82) is 0 Å². The van der Waals surface area contributed by atoms with E-state index in [4.69, 9.17) is 0 Å². The molecule has 1 heterocycles. The quantitative estimate of drug-likeness (QED) is 0.515. The Morgan fingerprint density at radius 3 is 2.81 bits per heavy atom. The van der Waals surface area contributed by atoms with Crippen molar-refractivity contribution in [3.63, 3.8) is 0 Å². The van der Waals surface area contributed by atoms with Gasteiger partial charge in [-0.25, -0.2) is 0 Å². The number of allylic oxidation sites excluding steroid dienone is 4. The Morgan fingerprint density at radius 1 is 1.27 bits per heavy atom. The predicted octanol–water partition coefficient (Wildman–Crippen LogP) is 3.20. The number of benzene rings is 1. The highest BCUT2D eigenvalue weighted by Gasteiger charge is 2.21.